The van der Waals surface area contributed by atoms with Crippen LogP contribution in [0.15, 0.2) is 0 Å². The van der Waals surface area contributed by atoms with Crippen molar-refractivity contribution in [2.75, 3.05) is 46.0 Å². The molecule has 0 saturated carbocycles. The second-order valence-electron chi connectivity index (χ2n) is 4.37. The zero-order valence-corrected chi connectivity index (χ0v) is 11.5. The Balaban J connectivity index is 2.41. The van der Waals surface area contributed by atoms with Crippen LogP contribution in [0.2, 0.25) is 0 Å². The second-order valence-corrected chi connectivity index (χ2v) is 6.67. The van der Waals surface area contributed by atoms with Crippen LogP contribution < -0.4 is 0 Å². The molecule has 0 N–H and O–H groups in total. The monoisotopic (exact) mass is 277 g/mol. The lowest BCUT2D eigenvalue weighted by molar-refractivity contribution is -0.134. The maximum Gasteiger partial charge on any atom is 0.223 e. The minimum Gasteiger partial charge on any atom is -0.342 e. The molecule has 7 nitrogen and oxygen atoms in total. The van der Waals surface area contributed by atoms with Gasteiger partial charge < -0.3 is 9.80 Å². The normalized spacial score (nSPS) is 17.1. The van der Waals surface area contributed by atoms with Crippen LogP contribution in [0.25, 0.3) is 0 Å². The van der Waals surface area contributed by atoms with Crippen molar-refractivity contribution in [3.63, 3.8) is 0 Å². The highest BCUT2D eigenvalue weighted by atomic mass is 32.2. The Morgan fingerprint density at radius 2 is 1.78 bits per heavy atom. The van der Waals surface area contributed by atoms with Gasteiger partial charge in [-0.05, 0) is 0 Å². The number of hydrogen-bond acceptors (Lipinski definition) is 4. The van der Waals surface area contributed by atoms with Crippen LogP contribution in [0.5, 0.6) is 0 Å². The molecule has 1 rings (SSSR count). The number of carbonyl (C=O) groups excluding carboxylic acids is 2. The summed E-state index contributed by atoms with van der Waals surface area (Å²) in [6.07, 6.45) is 0.750. The maximum absolute atomic E-state index is 11.8. The standard InChI is InChI=1S/C10H19N3O4S/c1-11(2)18(16,17)8-3-10(15)13-6-4-12(9-14)5-7-13/h9H,3-8H2,1-2H3. The predicted molar refractivity (Wildman–Crippen MR) is 66.3 cm³/mol. The molecule has 1 fully saturated rings. The Hall–Kier alpha value is -1.15. The molecule has 1 aliphatic rings. The quantitative estimate of drug-likeness (QED) is 0.577. The van der Waals surface area contributed by atoms with Crippen molar-refractivity contribution in [3.05, 3.63) is 0 Å². The number of rotatable bonds is 5. The molecular formula is C10H19N3O4S. The van der Waals surface area contributed by atoms with Crippen molar-refractivity contribution in [2.45, 2.75) is 6.42 Å². The van der Waals surface area contributed by atoms with Crippen LogP contribution in [0.3, 0.4) is 0 Å². The molecule has 2 amide bonds. The largest absolute Gasteiger partial charge is 0.342 e. The lowest BCUT2D eigenvalue weighted by Crippen LogP contribution is -2.48. The van der Waals surface area contributed by atoms with Gasteiger partial charge in [0.05, 0.1) is 5.75 Å². The molecule has 0 aromatic rings. The number of piperazine rings is 1. The van der Waals surface area contributed by atoms with Gasteiger partial charge in [0.1, 0.15) is 0 Å². The van der Waals surface area contributed by atoms with Gasteiger partial charge in [0.2, 0.25) is 22.3 Å². The van der Waals surface area contributed by atoms with E-state index in [-0.39, 0.29) is 18.1 Å². The Labute approximate surface area is 107 Å². The van der Waals surface area contributed by atoms with Gasteiger partial charge in [0, 0.05) is 46.7 Å². The van der Waals surface area contributed by atoms with E-state index < -0.39 is 10.0 Å². The minimum atomic E-state index is -3.33. The maximum atomic E-state index is 11.8. The molecule has 1 aliphatic heterocycles. The SMILES string of the molecule is CN(C)S(=O)(=O)CCC(=O)N1CCN(C=O)CC1. The summed E-state index contributed by atoms with van der Waals surface area (Å²) in [4.78, 5) is 25.5. The van der Waals surface area contributed by atoms with Gasteiger partial charge >= 0.3 is 0 Å². The first kappa shape index (κ1) is 14.9. The Kier molecular flexibility index (Phi) is 5.09. The summed E-state index contributed by atoms with van der Waals surface area (Å²) in [5.74, 6) is -0.349. The third-order valence-electron chi connectivity index (χ3n) is 2.95. The van der Waals surface area contributed by atoms with Crippen LogP contribution in [0, 0.1) is 0 Å². The van der Waals surface area contributed by atoms with Crippen molar-refractivity contribution in [2.24, 2.45) is 0 Å². The van der Waals surface area contributed by atoms with Crippen LogP contribution in [0.1, 0.15) is 6.42 Å². The van der Waals surface area contributed by atoms with E-state index >= 15 is 0 Å². The van der Waals surface area contributed by atoms with E-state index in [9.17, 15) is 18.0 Å². The third kappa shape index (κ3) is 3.95. The van der Waals surface area contributed by atoms with Gasteiger partial charge in [0.15, 0.2) is 0 Å². The van der Waals surface area contributed by atoms with Gasteiger partial charge in [-0.1, -0.05) is 0 Å². The number of nitrogens with zero attached hydrogens (tertiary/aromatic N) is 3. The fraction of sp³-hybridized carbons (Fsp3) is 0.800. The van der Waals surface area contributed by atoms with Crippen molar-refractivity contribution in [3.8, 4) is 0 Å². The minimum absolute atomic E-state index is 0.0123. The molecule has 0 aliphatic carbocycles. The summed E-state index contributed by atoms with van der Waals surface area (Å²) in [6.45, 7) is 1.96. The Morgan fingerprint density at radius 1 is 1.22 bits per heavy atom. The number of hydrogen-bond donors (Lipinski definition) is 0. The Bertz CT molecular complexity index is 399. The van der Waals surface area contributed by atoms with Crippen molar-refractivity contribution >= 4 is 22.3 Å². The smallest absolute Gasteiger partial charge is 0.223 e. The lowest BCUT2D eigenvalue weighted by Gasteiger charge is -2.32. The highest BCUT2D eigenvalue weighted by molar-refractivity contribution is 7.89. The van der Waals surface area contributed by atoms with Crippen LogP contribution >= 0.6 is 0 Å². The molecule has 0 spiro atoms. The molecule has 104 valence electrons. The number of carbonyl (C=O) groups is 2. The van der Waals surface area contributed by atoms with Gasteiger partial charge in [-0.3, -0.25) is 9.59 Å². The van der Waals surface area contributed by atoms with E-state index in [0.717, 1.165) is 10.7 Å². The van der Waals surface area contributed by atoms with E-state index in [4.69, 9.17) is 0 Å². The Morgan fingerprint density at radius 3 is 2.22 bits per heavy atom. The summed E-state index contributed by atoms with van der Waals surface area (Å²) in [6, 6.07) is 0. The van der Waals surface area contributed by atoms with Crippen LogP contribution in [-0.2, 0) is 19.6 Å². The predicted octanol–water partition coefficient (Wildman–Crippen LogP) is -1.43. The lowest BCUT2D eigenvalue weighted by atomic mass is 10.3. The molecule has 0 unspecified atom stereocenters. The van der Waals surface area contributed by atoms with Crippen LogP contribution in [0.4, 0.5) is 0 Å². The van der Waals surface area contributed by atoms with Crippen molar-refractivity contribution in [1.82, 2.24) is 14.1 Å². The molecule has 0 bridgehead atoms. The van der Waals surface area contributed by atoms with Crippen molar-refractivity contribution < 1.29 is 18.0 Å². The topological polar surface area (TPSA) is 78.0 Å². The fourth-order valence-corrected chi connectivity index (χ4v) is 2.43. The third-order valence-corrected chi connectivity index (χ3v) is 4.78. The van der Waals surface area contributed by atoms with Gasteiger partial charge in [-0.2, -0.15) is 0 Å². The molecule has 1 saturated heterocycles. The first-order valence-corrected chi connectivity index (χ1v) is 7.35. The molecule has 18 heavy (non-hydrogen) atoms. The van der Waals surface area contributed by atoms with E-state index in [2.05, 4.69) is 0 Å². The van der Waals surface area contributed by atoms with E-state index in [1.807, 2.05) is 0 Å². The van der Waals surface area contributed by atoms with Crippen molar-refractivity contribution in [1.29, 1.82) is 0 Å². The molecule has 0 atom stereocenters. The first-order valence-electron chi connectivity index (χ1n) is 5.74. The summed E-state index contributed by atoms with van der Waals surface area (Å²) < 4.78 is 24.1. The number of sulfonamides is 1. The van der Waals surface area contributed by atoms with E-state index in [1.54, 1.807) is 9.80 Å². The van der Waals surface area contributed by atoms with E-state index in [0.29, 0.717) is 26.2 Å². The van der Waals surface area contributed by atoms with Gasteiger partial charge in [-0.25, -0.2) is 12.7 Å². The molecular weight excluding hydrogens is 258 g/mol. The number of amides is 2. The molecule has 0 radical (unpaired) electrons. The molecule has 0 aromatic carbocycles. The van der Waals surface area contributed by atoms with E-state index in [1.165, 1.54) is 14.1 Å². The van der Waals surface area contributed by atoms with Gasteiger partial charge in [-0.15, -0.1) is 0 Å². The fourth-order valence-electron chi connectivity index (χ4n) is 1.63. The summed E-state index contributed by atoms with van der Waals surface area (Å²) in [7, 11) is -0.434. The first-order chi connectivity index (χ1) is 8.36. The highest BCUT2D eigenvalue weighted by Crippen LogP contribution is 2.04. The molecule has 8 heteroatoms. The average molecular weight is 277 g/mol. The summed E-state index contributed by atoms with van der Waals surface area (Å²) in [5, 5.41) is 0. The second kappa shape index (κ2) is 6.14. The summed E-state index contributed by atoms with van der Waals surface area (Å²) in [5.41, 5.74) is 0. The van der Waals surface area contributed by atoms with Crippen LogP contribution in [-0.4, -0.2) is 80.9 Å². The average Bonchev–Trinajstić information content (AvgIpc) is 2.36. The zero-order chi connectivity index (χ0) is 13.8. The zero-order valence-electron chi connectivity index (χ0n) is 10.7. The molecule has 1 heterocycles. The highest BCUT2D eigenvalue weighted by Gasteiger charge is 2.22. The summed E-state index contributed by atoms with van der Waals surface area (Å²) >= 11 is 0. The molecule has 0 aromatic heterocycles. The van der Waals surface area contributed by atoms with Gasteiger partial charge in [0.25, 0.3) is 0 Å².